The third-order valence-corrected chi connectivity index (χ3v) is 4.06. The van der Waals surface area contributed by atoms with Crippen LogP contribution in [0.2, 0.25) is 0 Å². The fourth-order valence-corrected chi connectivity index (χ4v) is 2.86. The van der Waals surface area contributed by atoms with Crippen molar-refractivity contribution in [1.82, 2.24) is 9.55 Å². The van der Waals surface area contributed by atoms with E-state index in [1.54, 1.807) is 4.90 Å². The van der Waals surface area contributed by atoms with Gasteiger partial charge >= 0.3 is 0 Å². The van der Waals surface area contributed by atoms with Crippen LogP contribution in [0, 0.1) is 6.92 Å². The zero-order valence-corrected chi connectivity index (χ0v) is 13.3. The lowest BCUT2D eigenvalue weighted by atomic mass is 10.1. The molecule has 1 aliphatic rings. The Balaban J connectivity index is 1.69. The van der Waals surface area contributed by atoms with Crippen LogP contribution in [0.4, 0.5) is 5.69 Å². The number of ether oxygens (including phenoxy) is 1. The van der Waals surface area contributed by atoms with E-state index in [2.05, 4.69) is 4.98 Å². The van der Waals surface area contributed by atoms with Crippen molar-refractivity contribution in [2.24, 2.45) is 0 Å². The summed E-state index contributed by atoms with van der Waals surface area (Å²) >= 11 is 0. The molecule has 3 aromatic rings. The number of carbonyl (C=O) groups is 1. The second kappa shape index (κ2) is 5.85. The minimum absolute atomic E-state index is 0.0424. The van der Waals surface area contributed by atoms with E-state index >= 15 is 0 Å². The zero-order chi connectivity index (χ0) is 16.5. The van der Waals surface area contributed by atoms with Crippen LogP contribution in [-0.4, -0.2) is 28.6 Å². The third-order valence-electron chi connectivity index (χ3n) is 4.06. The van der Waals surface area contributed by atoms with Gasteiger partial charge in [-0.05, 0) is 49.4 Å². The first-order valence-electron chi connectivity index (χ1n) is 7.88. The van der Waals surface area contributed by atoms with Gasteiger partial charge in [-0.2, -0.15) is 0 Å². The molecular formula is C19H17N3O2. The number of aryl methyl sites for hydroxylation is 1. The van der Waals surface area contributed by atoms with Crippen molar-refractivity contribution < 1.29 is 9.53 Å². The summed E-state index contributed by atoms with van der Waals surface area (Å²) in [5, 5.41) is 0. The van der Waals surface area contributed by atoms with Gasteiger partial charge in [0.25, 0.3) is 5.91 Å². The summed E-state index contributed by atoms with van der Waals surface area (Å²) in [6, 6.07) is 15.3. The molecule has 4 rings (SSSR count). The van der Waals surface area contributed by atoms with Crippen molar-refractivity contribution in [3.05, 3.63) is 72.2 Å². The Bertz CT molecular complexity index is 887. The zero-order valence-electron chi connectivity index (χ0n) is 13.3. The van der Waals surface area contributed by atoms with Crippen LogP contribution in [0.15, 0.2) is 60.9 Å². The Morgan fingerprint density at radius 2 is 1.96 bits per heavy atom. The number of carbonyl (C=O) groups excluding carboxylic acids is 1. The molecule has 0 saturated carbocycles. The largest absolute Gasteiger partial charge is 0.474 e. The molecule has 0 saturated heterocycles. The number of hydrogen-bond donors (Lipinski definition) is 0. The highest BCUT2D eigenvalue weighted by Crippen LogP contribution is 2.31. The highest BCUT2D eigenvalue weighted by molar-refractivity contribution is 6.07. The normalized spacial score (nSPS) is 13.3. The van der Waals surface area contributed by atoms with Crippen LogP contribution in [-0.2, 0) is 0 Å². The Hall–Kier alpha value is -3.08. The summed E-state index contributed by atoms with van der Waals surface area (Å²) in [6.07, 6.45) is 3.92. The van der Waals surface area contributed by atoms with Crippen molar-refractivity contribution in [3.63, 3.8) is 0 Å². The van der Waals surface area contributed by atoms with E-state index in [0.717, 1.165) is 17.1 Å². The minimum Gasteiger partial charge on any atom is -0.474 e. The number of pyridine rings is 1. The molecule has 0 spiro atoms. The molecule has 1 aliphatic heterocycles. The topological polar surface area (TPSA) is 47.4 Å². The lowest BCUT2D eigenvalue weighted by Gasteiger charge is -2.29. The van der Waals surface area contributed by atoms with Crippen molar-refractivity contribution in [1.29, 1.82) is 0 Å². The fraction of sp³-hybridized carbons (Fsp3) is 0.158. The van der Waals surface area contributed by atoms with Crippen LogP contribution >= 0.6 is 0 Å². The molecule has 0 N–H and O–H groups in total. The maximum absolute atomic E-state index is 13.0. The molecule has 24 heavy (non-hydrogen) atoms. The van der Waals surface area contributed by atoms with Crippen molar-refractivity contribution in [3.8, 4) is 11.6 Å². The number of fused-ring (bicyclic) bond motifs is 1. The Kier molecular flexibility index (Phi) is 3.54. The molecule has 0 bridgehead atoms. The molecule has 120 valence electrons. The van der Waals surface area contributed by atoms with Gasteiger partial charge in [-0.25, -0.2) is 4.98 Å². The van der Waals surface area contributed by atoms with Gasteiger partial charge < -0.3 is 14.2 Å². The Morgan fingerprint density at radius 3 is 2.79 bits per heavy atom. The van der Waals surface area contributed by atoms with Crippen molar-refractivity contribution in [2.45, 2.75) is 6.92 Å². The summed E-state index contributed by atoms with van der Waals surface area (Å²) in [7, 11) is 0. The minimum atomic E-state index is -0.0424. The van der Waals surface area contributed by atoms with E-state index in [0.29, 0.717) is 24.6 Å². The number of hydrogen-bond acceptors (Lipinski definition) is 3. The summed E-state index contributed by atoms with van der Waals surface area (Å²) in [6.45, 7) is 2.88. The van der Waals surface area contributed by atoms with Crippen LogP contribution in [0.25, 0.3) is 5.69 Å². The maximum Gasteiger partial charge on any atom is 0.258 e. The molecule has 0 unspecified atom stereocenters. The lowest BCUT2D eigenvalue weighted by Crippen LogP contribution is -2.38. The van der Waals surface area contributed by atoms with Crippen LogP contribution in [0.1, 0.15) is 16.1 Å². The maximum atomic E-state index is 13.0. The standard InChI is InChI=1S/C19H17N3O2/c1-14-7-8-17-18(20-14)24-12-11-22(17)19(23)15-5-4-6-16(13-15)21-9-2-3-10-21/h2-10,13H,11-12H2,1H3. The van der Waals surface area contributed by atoms with Gasteiger partial charge in [0.1, 0.15) is 12.3 Å². The van der Waals surface area contributed by atoms with Gasteiger partial charge in [-0.15, -0.1) is 0 Å². The van der Waals surface area contributed by atoms with E-state index < -0.39 is 0 Å². The molecule has 2 aromatic heterocycles. The predicted molar refractivity (Wildman–Crippen MR) is 91.9 cm³/mol. The van der Waals surface area contributed by atoms with Gasteiger partial charge in [-0.1, -0.05) is 6.07 Å². The Labute approximate surface area is 140 Å². The number of benzene rings is 1. The number of aromatic nitrogens is 2. The number of anilines is 1. The van der Waals surface area contributed by atoms with Gasteiger partial charge in [-0.3, -0.25) is 4.79 Å². The second-order valence-electron chi connectivity index (χ2n) is 5.72. The summed E-state index contributed by atoms with van der Waals surface area (Å²) in [4.78, 5) is 19.1. The SMILES string of the molecule is Cc1ccc2c(n1)OCCN2C(=O)c1cccc(-n2cccc2)c1. The first kappa shape index (κ1) is 14.5. The molecule has 0 radical (unpaired) electrons. The Morgan fingerprint density at radius 1 is 1.12 bits per heavy atom. The van der Waals surface area contributed by atoms with Crippen molar-refractivity contribution in [2.75, 3.05) is 18.1 Å². The summed E-state index contributed by atoms with van der Waals surface area (Å²) in [5.74, 6) is 0.482. The molecule has 5 nitrogen and oxygen atoms in total. The average molecular weight is 319 g/mol. The van der Waals surface area contributed by atoms with E-state index in [4.69, 9.17) is 4.74 Å². The third kappa shape index (κ3) is 2.54. The molecule has 0 aliphatic carbocycles. The first-order chi connectivity index (χ1) is 11.7. The van der Waals surface area contributed by atoms with Crippen LogP contribution in [0.5, 0.6) is 5.88 Å². The van der Waals surface area contributed by atoms with Gasteiger partial charge in [0, 0.05) is 29.3 Å². The van der Waals surface area contributed by atoms with Crippen molar-refractivity contribution >= 4 is 11.6 Å². The predicted octanol–water partition coefficient (Wildman–Crippen LogP) is 3.22. The highest BCUT2D eigenvalue weighted by Gasteiger charge is 2.25. The van der Waals surface area contributed by atoms with Crippen LogP contribution < -0.4 is 9.64 Å². The van der Waals surface area contributed by atoms with E-state index in [9.17, 15) is 4.79 Å². The highest BCUT2D eigenvalue weighted by atomic mass is 16.5. The number of rotatable bonds is 2. The van der Waals surface area contributed by atoms with Crippen LogP contribution in [0.3, 0.4) is 0 Å². The number of nitrogens with zero attached hydrogens (tertiary/aromatic N) is 3. The average Bonchev–Trinajstić information content (AvgIpc) is 3.15. The number of amides is 1. The summed E-state index contributed by atoms with van der Waals surface area (Å²) < 4.78 is 7.58. The molecule has 0 fully saturated rings. The van der Waals surface area contributed by atoms with Gasteiger partial charge in [0.15, 0.2) is 0 Å². The molecule has 3 heterocycles. The van der Waals surface area contributed by atoms with E-state index in [1.165, 1.54) is 0 Å². The fourth-order valence-electron chi connectivity index (χ4n) is 2.86. The van der Waals surface area contributed by atoms with E-state index in [-0.39, 0.29) is 5.91 Å². The lowest BCUT2D eigenvalue weighted by molar-refractivity contribution is 0.0975. The molecule has 5 heteroatoms. The monoisotopic (exact) mass is 319 g/mol. The summed E-state index contributed by atoms with van der Waals surface area (Å²) in [5.41, 5.74) is 3.21. The molecular weight excluding hydrogens is 302 g/mol. The first-order valence-corrected chi connectivity index (χ1v) is 7.88. The molecule has 1 amide bonds. The quantitative estimate of drug-likeness (QED) is 0.728. The van der Waals surface area contributed by atoms with Gasteiger partial charge in [0.2, 0.25) is 5.88 Å². The van der Waals surface area contributed by atoms with E-state index in [1.807, 2.05) is 72.4 Å². The second-order valence-corrected chi connectivity index (χ2v) is 5.72. The molecule has 0 atom stereocenters. The smallest absolute Gasteiger partial charge is 0.258 e. The molecule has 1 aromatic carbocycles. The van der Waals surface area contributed by atoms with Gasteiger partial charge in [0.05, 0.1) is 6.54 Å².